The zero-order valence-electron chi connectivity index (χ0n) is 8.30. The molecule has 82 valence electrons. The third-order valence-electron chi connectivity index (χ3n) is 0.155. The smallest absolute Gasteiger partial charge is 0.907 e. The second kappa shape index (κ2) is 25.7. The normalized spacial score (nSPS) is 5.88. The maximum Gasteiger partial charge on any atom is 2.00 e. The number of carbonyl (C=O) groups excluding carboxylic acids is 2. The number of hydrogen-bond acceptors (Lipinski definition) is 8. The number of halogens is 2. The van der Waals surface area contributed by atoms with Gasteiger partial charge in [0.25, 0.3) is 0 Å². The molecule has 0 saturated heterocycles. The van der Waals surface area contributed by atoms with Gasteiger partial charge in [0, 0.05) is 0 Å². The van der Waals surface area contributed by atoms with Crippen molar-refractivity contribution in [3.05, 3.63) is 0 Å². The molecule has 0 saturated carbocycles. The van der Waals surface area contributed by atoms with E-state index in [9.17, 15) is 8.78 Å². The molecule has 0 amide bonds. The van der Waals surface area contributed by atoms with Crippen LogP contribution in [0.4, 0.5) is 8.78 Å². The van der Waals surface area contributed by atoms with Crippen LogP contribution in [0.2, 0.25) is 0 Å². The maximum absolute atomic E-state index is 10.5. The molecular weight excluding hydrogens is 408 g/mol. The molecule has 0 rings (SSSR count). The molecule has 8 nitrogen and oxygen atoms in total. The Morgan fingerprint density at radius 3 is 0.706 bits per heavy atom. The molecule has 0 aromatic rings. The molecule has 0 N–H and O–H groups in total. The molecule has 0 spiro atoms. The van der Waals surface area contributed by atoms with E-state index >= 15 is 0 Å². The Morgan fingerprint density at radius 2 is 0.706 bits per heavy atom. The van der Waals surface area contributed by atoms with E-state index in [1.165, 1.54) is 0 Å². The third-order valence-corrected chi connectivity index (χ3v) is 0.155. The Morgan fingerprint density at radius 1 is 0.647 bits per heavy atom. The van der Waals surface area contributed by atoms with E-state index in [0.29, 0.717) is 0 Å². The summed E-state index contributed by atoms with van der Waals surface area (Å²) in [6.07, 6.45) is 0. The quantitative estimate of drug-likeness (QED) is 0.234. The van der Waals surface area contributed by atoms with Crippen molar-refractivity contribution in [3.8, 4) is 0 Å². The molecule has 15 heteroatoms. The van der Waals surface area contributed by atoms with Crippen molar-refractivity contribution < 1.29 is 107 Å². The summed E-state index contributed by atoms with van der Waals surface area (Å²) in [6, 6.07) is -5.09. The van der Waals surface area contributed by atoms with Gasteiger partial charge in [-0.1, -0.05) is 0 Å². The van der Waals surface area contributed by atoms with Crippen LogP contribution in [0, 0.1) is 0 Å². The van der Waals surface area contributed by atoms with Gasteiger partial charge in [0.15, 0.2) is 0 Å². The Hall–Kier alpha value is 0.960. The van der Waals surface area contributed by atoms with Crippen LogP contribution in [0.5, 0.6) is 0 Å². The van der Waals surface area contributed by atoms with Gasteiger partial charge in [-0.25, -0.2) is 9.59 Å². The van der Waals surface area contributed by atoms with Gasteiger partial charge in [0.2, 0.25) is 0 Å². The summed E-state index contributed by atoms with van der Waals surface area (Å²) >= 11 is 0. The molecule has 0 bridgehead atoms. The van der Waals surface area contributed by atoms with Crippen molar-refractivity contribution in [2.24, 2.45) is 0 Å². The van der Waals surface area contributed by atoms with Crippen molar-refractivity contribution >= 4 is 26.7 Å². The van der Waals surface area contributed by atoms with E-state index in [0.717, 1.165) is 0 Å². The van der Waals surface area contributed by atoms with Crippen LogP contribution in [-0.2, 0) is 68.0 Å². The molecule has 0 aliphatic heterocycles. The van der Waals surface area contributed by atoms with Gasteiger partial charge in [-0.05, 0) is 0 Å². The molecule has 17 heavy (non-hydrogen) atoms. The second-order valence-corrected chi connectivity index (χ2v) is 1.12. The first-order valence-corrected chi connectivity index (χ1v) is 2.45. The topological polar surface area (TPSA) is 172 Å². The predicted molar refractivity (Wildman–Crippen MR) is 23.7 cm³/mol. The molecule has 0 atom stereocenters. The number of rotatable bonds is 1. The van der Waals surface area contributed by atoms with Gasteiger partial charge < -0.3 is 30.1 Å². The summed E-state index contributed by atoms with van der Waals surface area (Å²) < 4.78 is 20.9. The van der Waals surface area contributed by atoms with Gasteiger partial charge in [-0.3, -0.25) is 14.6 Å². The van der Waals surface area contributed by atoms with E-state index in [1.807, 2.05) is 0 Å². The van der Waals surface area contributed by atoms with Crippen LogP contribution in [-0.4, -0.2) is 26.7 Å². The van der Waals surface area contributed by atoms with E-state index in [4.69, 9.17) is 39.7 Å². The van der Waals surface area contributed by atoms with E-state index in [1.54, 1.807) is 0 Å². The monoisotopic (exact) mass is 404 g/mol. The van der Waals surface area contributed by atoms with Crippen molar-refractivity contribution in [1.29, 1.82) is 0 Å². The van der Waals surface area contributed by atoms with Gasteiger partial charge in [-0.15, -0.1) is 0 Å². The van der Waals surface area contributed by atoms with Gasteiger partial charge in [-0.2, -0.15) is 8.78 Å². The standard InChI is InChI=1S/C2F2O2.2BO3.3Zn/c3-1(5)2(4)6;2*2-1(3)4;;;/q;2*-3;3*+2. The summed E-state index contributed by atoms with van der Waals surface area (Å²) in [6.45, 7) is 0. The molecule has 0 aliphatic carbocycles. The third kappa shape index (κ3) is 154. The molecule has 0 heterocycles. The van der Waals surface area contributed by atoms with Crippen molar-refractivity contribution in [2.75, 3.05) is 0 Å². The minimum absolute atomic E-state index is 0. The van der Waals surface area contributed by atoms with Gasteiger partial charge in [0.1, 0.15) is 0 Å². The van der Waals surface area contributed by atoms with Crippen LogP contribution in [0.3, 0.4) is 0 Å². The Kier molecular flexibility index (Phi) is 54.6. The Labute approximate surface area is 133 Å². The first-order chi connectivity index (χ1) is 6.11. The summed E-state index contributed by atoms with van der Waals surface area (Å²) in [7, 11) is -5.83. The molecule has 0 aromatic carbocycles. The van der Waals surface area contributed by atoms with E-state index in [2.05, 4.69) is 0 Å². The average Bonchev–Trinajstić information content (AvgIpc) is 1.83. The summed E-state index contributed by atoms with van der Waals surface area (Å²) in [5.41, 5.74) is 0. The second-order valence-electron chi connectivity index (χ2n) is 1.12. The zero-order valence-corrected chi connectivity index (χ0v) is 17.2. The first kappa shape index (κ1) is 36.1. The minimum Gasteiger partial charge on any atom is -0.907 e. The molecule has 0 fully saturated rings. The van der Waals surface area contributed by atoms with Crippen LogP contribution < -0.4 is 30.1 Å². The Bertz CT molecular complexity index is 149. The number of carbonyl (C=O) groups is 2. The summed E-state index contributed by atoms with van der Waals surface area (Å²) in [4.78, 5) is 17.5. The van der Waals surface area contributed by atoms with Crippen LogP contribution >= 0.6 is 0 Å². The van der Waals surface area contributed by atoms with E-state index < -0.39 is 26.7 Å². The fourth-order valence-electron chi connectivity index (χ4n) is 0. The fourth-order valence-corrected chi connectivity index (χ4v) is 0. The summed E-state index contributed by atoms with van der Waals surface area (Å²) in [5.74, 6) is 0. The fraction of sp³-hybridized carbons (Fsp3) is 0. The predicted octanol–water partition coefficient (Wildman–Crippen LogP) is -7.92. The SMILES string of the molecule is O=C(F)C(=O)F.[O-]B([O-])[O-].[O-]B([O-])[O-].[Zn+2].[Zn+2].[Zn+2]. The zero-order chi connectivity index (χ0) is 12.3. The van der Waals surface area contributed by atoms with Crippen LogP contribution in [0.15, 0.2) is 0 Å². The minimum atomic E-state index is -2.92. The molecule has 0 aliphatic rings. The maximum atomic E-state index is 10.5. The first-order valence-electron chi connectivity index (χ1n) is 2.45. The number of hydrogen-bond donors (Lipinski definition) is 0. The molecule has 0 unspecified atom stereocenters. The Balaban J connectivity index is -0.0000000252. The molecule has 0 aromatic heterocycles. The molecule has 0 radical (unpaired) electrons. The van der Waals surface area contributed by atoms with Crippen molar-refractivity contribution in [2.45, 2.75) is 0 Å². The van der Waals surface area contributed by atoms with Crippen molar-refractivity contribution in [3.63, 3.8) is 0 Å². The van der Waals surface area contributed by atoms with Gasteiger partial charge in [0.05, 0.1) is 0 Å². The van der Waals surface area contributed by atoms with Crippen LogP contribution in [0.25, 0.3) is 0 Å². The van der Waals surface area contributed by atoms with Crippen molar-refractivity contribution in [1.82, 2.24) is 0 Å². The largest absolute Gasteiger partial charge is 2.00 e. The molecular formula is C2B2F2O8Zn3. The van der Waals surface area contributed by atoms with Crippen LogP contribution in [0.1, 0.15) is 0 Å². The van der Waals surface area contributed by atoms with Gasteiger partial charge >= 0.3 is 70.5 Å². The average molecular weight is 408 g/mol. The van der Waals surface area contributed by atoms with E-state index in [-0.39, 0.29) is 58.4 Å². The summed E-state index contributed by atoms with van der Waals surface area (Å²) in [5, 5.41) is 50.5.